The van der Waals surface area contributed by atoms with Crippen molar-refractivity contribution in [2.75, 3.05) is 0 Å². The predicted molar refractivity (Wildman–Crippen MR) is 92.3 cm³/mol. The van der Waals surface area contributed by atoms with Gasteiger partial charge in [-0.1, -0.05) is 34.3 Å². The third-order valence-corrected chi connectivity index (χ3v) is 6.95. The van der Waals surface area contributed by atoms with Crippen LogP contribution in [0.25, 0.3) is 0 Å². The van der Waals surface area contributed by atoms with E-state index in [0.717, 1.165) is 16.7 Å². The second-order valence-electron chi connectivity index (χ2n) is 8.98. The molecule has 4 heteroatoms. The second kappa shape index (κ2) is 5.26. The molecule has 3 N–H and O–H groups in total. The third-order valence-electron chi connectivity index (χ3n) is 6.95. The molecule has 2 fully saturated rings. The molecule has 134 valence electrons. The van der Waals surface area contributed by atoms with Crippen molar-refractivity contribution in [1.82, 2.24) is 0 Å². The molecule has 2 saturated carbocycles. The van der Waals surface area contributed by atoms with Crippen LogP contribution in [-0.2, 0) is 4.79 Å². The number of aliphatic hydroxyl groups excluding tert-OH is 2. The molecule has 0 saturated heterocycles. The van der Waals surface area contributed by atoms with E-state index in [0.29, 0.717) is 25.7 Å². The molecular weight excluding hydrogens is 304 g/mol. The first-order valence-electron chi connectivity index (χ1n) is 9.01. The van der Waals surface area contributed by atoms with Crippen LogP contribution < -0.4 is 0 Å². The summed E-state index contributed by atoms with van der Waals surface area (Å²) in [5.74, 6) is 0.121. The van der Waals surface area contributed by atoms with Gasteiger partial charge in [0.15, 0.2) is 5.78 Å². The topological polar surface area (TPSA) is 77.8 Å². The van der Waals surface area contributed by atoms with E-state index in [2.05, 4.69) is 6.58 Å². The lowest BCUT2D eigenvalue weighted by atomic mass is 9.56. The molecule has 0 spiro atoms. The Morgan fingerprint density at radius 2 is 1.88 bits per heavy atom. The number of allylic oxidation sites excluding steroid dienone is 1. The summed E-state index contributed by atoms with van der Waals surface area (Å²) >= 11 is 0. The highest BCUT2D eigenvalue weighted by Gasteiger charge is 2.63. The second-order valence-corrected chi connectivity index (χ2v) is 8.98. The molecule has 0 aromatic heterocycles. The summed E-state index contributed by atoms with van der Waals surface area (Å²) in [6.07, 6.45) is 0.509. The summed E-state index contributed by atoms with van der Waals surface area (Å²) in [4.78, 5) is 12.6. The van der Waals surface area contributed by atoms with E-state index in [9.17, 15) is 20.1 Å². The molecule has 3 aliphatic carbocycles. The Morgan fingerprint density at radius 3 is 2.46 bits per heavy atom. The molecule has 4 nitrogen and oxygen atoms in total. The van der Waals surface area contributed by atoms with Gasteiger partial charge in [-0.15, -0.1) is 0 Å². The van der Waals surface area contributed by atoms with E-state index in [1.54, 1.807) is 0 Å². The predicted octanol–water partition coefficient (Wildman–Crippen LogP) is 2.52. The molecule has 3 aliphatic rings. The van der Waals surface area contributed by atoms with Gasteiger partial charge in [0.25, 0.3) is 0 Å². The van der Waals surface area contributed by atoms with Gasteiger partial charge in [-0.2, -0.15) is 0 Å². The summed E-state index contributed by atoms with van der Waals surface area (Å²) in [7, 11) is 0. The Balaban J connectivity index is 2.21. The Bertz CT molecular complexity index is 634. The van der Waals surface area contributed by atoms with Gasteiger partial charge >= 0.3 is 0 Å². The Hall–Kier alpha value is -0.970. The van der Waals surface area contributed by atoms with Crippen LogP contribution in [0.5, 0.6) is 0 Å². The minimum atomic E-state index is -1.27. The van der Waals surface area contributed by atoms with Gasteiger partial charge in [-0.05, 0) is 42.7 Å². The molecule has 0 aliphatic heterocycles. The van der Waals surface area contributed by atoms with E-state index in [1.807, 2.05) is 27.7 Å². The number of carbonyl (C=O) groups is 1. The highest BCUT2D eigenvalue weighted by atomic mass is 16.3. The van der Waals surface area contributed by atoms with Crippen molar-refractivity contribution in [1.29, 1.82) is 0 Å². The number of carbonyl (C=O) groups excluding carboxylic acids is 1. The zero-order valence-electron chi connectivity index (χ0n) is 15.2. The summed E-state index contributed by atoms with van der Waals surface area (Å²) in [6.45, 7) is 11.9. The number of hydrogen-bond donors (Lipinski definition) is 3. The SMILES string of the molecule is C=C1CCC(O)[C@@]2(C)CC(O)C3=C(C(C)C)C(=O)CC3(C)CC12O. The average Bonchev–Trinajstić information content (AvgIpc) is 2.69. The number of Topliss-reactive ketones (excluding diaryl/α,β-unsaturated/α-hetero) is 1. The van der Waals surface area contributed by atoms with Crippen LogP contribution in [0.3, 0.4) is 0 Å². The molecule has 0 amide bonds. The molecule has 0 aromatic rings. The van der Waals surface area contributed by atoms with Crippen molar-refractivity contribution in [3.05, 3.63) is 23.3 Å². The summed E-state index contributed by atoms with van der Waals surface area (Å²) in [6, 6.07) is 0. The fourth-order valence-electron chi connectivity index (χ4n) is 5.61. The fraction of sp³-hybridized carbons (Fsp3) is 0.750. The third kappa shape index (κ3) is 2.12. The summed E-state index contributed by atoms with van der Waals surface area (Å²) < 4.78 is 0. The van der Waals surface area contributed by atoms with Gasteiger partial charge in [-0.3, -0.25) is 4.79 Å². The molecule has 5 atom stereocenters. The van der Waals surface area contributed by atoms with Crippen molar-refractivity contribution in [2.24, 2.45) is 16.7 Å². The van der Waals surface area contributed by atoms with E-state index >= 15 is 0 Å². The quantitative estimate of drug-likeness (QED) is 0.644. The van der Waals surface area contributed by atoms with E-state index in [4.69, 9.17) is 0 Å². The van der Waals surface area contributed by atoms with Crippen molar-refractivity contribution in [3.8, 4) is 0 Å². The average molecular weight is 334 g/mol. The maximum Gasteiger partial charge on any atom is 0.160 e. The van der Waals surface area contributed by atoms with Crippen LogP contribution in [0, 0.1) is 16.7 Å². The van der Waals surface area contributed by atoms with E-state index in [-0.39, 0.29) is 18.1 Å². The number of aliphatic hydroxyl groups is 3. The number of hydrogen-bond acceptors (Lipinski definition) is 4. The Labute approximate surface area is 144 Å². The van der Waals surface area contributed by atoms with Crippen LogP contribution in [0.2, 0.25) is 0 Å². The van der Waals surface area contributed by atoms with Crippen LogP contribution in [-0.4, -0.2) is 38.9 Å². The van der Waals surface area contributed by atoms with Crippen LogP contribution in [0.1, 0.15) is 59.8 Å². The summed E-state index contributed by atoms with van der Waals surface area (Å²) in [5.41, 5.74) is -0.483. The zero-order valence-corrected chi connectivity index (χ0v) is 15.2. The molecule has 0 aromatic carbocycles. The van der Waals surface area contributed by atoms with Gasteiger partial charge < -0.3 is 15.3 Å². The molecular formula is C20H30O4. The van der Waals surface area contributed by atoms with Crippen molar-refractivity contribution in [3.63, 3.8) is 0 Å². The first-order chi connectivity index (χ1) is 11.0. The largest absolute Gasteiger partial charge is 0.392 e. The van der Waals surface area contributed by atoms with Crippen molar-refractivity contribution < 1.29 is 20.1 Å². The van der Waals surface area contributed by atoms with Gasteiger partial charge in [0.1, 0.15) is 0 Å². The van der Waals surface area contributed by atoms with Crippen LogP contribution >= 0.6 is 0 Å². The number of ketones is 1. The molecule has 24 heavy (non-hydrogen) atoms. The van der Waals surface area contributed by atoms with Crippen LogP contribution in [0.4, 0.5) is 0 Å². The number of rotatable bonds is 1. The normalized spacial score (nSPS) is 46.2. The molecule has 0 heterocycles. The minimum absolute atomic E-state index is 0.0414. The first-order valence-corrected chi connectivity index (χ1v) is 9.01. The number of fused-ring (bicyclic) bond motifs is 2. The lowest BCUT2D eigenvalue weighted by Gasteiger charge is -2.53. The van der Waals surface area contributed by atoms with E-state index < -0.39 is 28.6 Å². The maximum atomic E-state index is 12.6. The highest BCUT2D eigenvalue weighted by Crippen LogP contribution is 2.62. The smallest absolute Gasteiger partial charge is 0.160 e. The Kier molecular flexibility index (Phi) is 3.91. The molecule has 3 rings (SSSR count). The zero-order chi connectivity index (χ0) is 18.1. The van der Waals surface area contributed by atoms with Gasteiger partial charge in [0.05, 0.1) is 17.8 Å². The minimum Gasteiger partial charge on any atom is -0.392 e. The lowest BCUT2D eigenvalue weighted by molar-refractivity contribution is -0.150. The maximum absolute atomic E-state index is 12.6. The van der Waals surface area contributed by atoms with Crippen molar-refractivity contribution >= 4 is 5.78 Å². The standard InChI is InChI=1S/C20H30O4/c1-11(2)16-13(21)8-18(4)10-20(24)12(3)6-7-15(23)19(20,5)9-14(22)17(16)18/h11,14-15,22-24H,3,6-10H2,1-2,4-5H3/t14?,15?,18?,19-,20?/m1/s1. The first kappa shape index (κ1) is 17.8. The van der Waals surface area contributed by atoms with Gasteiger partial charge in [0.2, 0.25) is 0 Å². The van der Waals surface area contributed by atoms with Gasteiger partial charge in [-0.25, -0.2) is 0 Å². The van der Waals surface area contributed by atoms with Crippen LogP contribution in [0.15, 0.2) is 23.3 Å². The monoisotopic (exact) mass is 334 g/mol. The van der Waals surface area contributed by atoms with Gasteiger partial charge in [0, 0.05) is 22.8 Å². The molecule has 0 radical (unpaired) electrons. The van der Waals surface area contributed by atoms with Crippen molar-refractivity contribution in [2.45, 2.75) is 77.6 Å². The van der Waals surface area contributed by atoms with E-state index in [1.165, 1.54) is 0 Å². The molecule has 4 unspecified atom stereocenters. The Morgan fingerprint density at radius 1 is 1.25 bits per heavy atom. The molecule has 0 bridgehead atoms. The summed E-state index contributed by atoms with van der Waals surface area (Å²) in [5, 5.41) is 33.3. The highest BCUT2D eigenvalue weighted by molar-refractivity contribution is 6.00. The fourth-order valence-corrected chi connectivity index (χ4v) is 5.61. The lowest BCUT2D eigenvalue weighted by Crippen LogP contribution is -2.58.